The predicted molar refractivity (Wildman–Crippen MR) is 54.0 cm³/mol. The van der Waals surface area contributed by atoms with Crippen molar-refractivity contribution < 1.29 is 4.74 Å². The van der Waals surface area contributed by atoms with Crippen molar-refractivity contribution in [3.63, 3.8) is 0 Å². The van der Waals surface area contributed by atoms with Crippen LogP contribution in [0.25, 0.3) is 5.78 Å². The van der Waals surface area contributed by atoms with Gasteiger partial charge < -0.3 is 10.5 Å². The van der Waals surface area contributed by atoms with Crippen LogP contribution in [0, 0.1) is 0 Å². The first kappa shape index (κ1) is 9.50. The van der Waals surface area contributed by atoms with Crippen LogP contribution in [0.1, 0.15) is 12.5 Å². The zero-order valence-corrected chi connectivity index (χ0v) is 8.44. The Morgan fingerprint density at radius 1 is 1.60 bits per heavy atom. The molecule has 7 heteroatoms. The van der Waals surface area contributed by atoms with Gasteiger partial charge >= 0.3 is 6.01 Å². The maximum absolute atomic E-state index is 11.5. The number of fused-ring (bicyclic) bond motifs is 1. The van der Waals surface area contributed by atoms with Crippen LogP contribution in [-0.2, 0) is 6.42 Å². The lowest BCUT2D eigenvalue weighted by molar-refractivity contribution is 0.381. The summed E-state index contributed by atoms with van der Waals surface area (Å²) < 4.78 is 6.21. The largest absolute Gasteiger partial charge is 0.466 e. The SMILES string of the molecule is CCc1c(N)n2nc(OC)nc2[nH]c1=O. The summed E-state index contributed by atoms with van der Waals surface area (Å²) in [6.07, 6.45) is 0.541. The molecule has 0 fully saturated rings. The van der Waals surface area contributed by atoms with Crippen LogP contribution < -0.4 is 16.0 Å². The van der Waals surface area contributed by atoms with Crippen molar-refractivity contribution in [2.75, 3.05) is 12.8 Å². The summed E-state index contributed by atoms with van der Waals surface area (Å²) in [6.45, 7) is 1.85. The van der Waals surface area contributed by atoms with Gasteiger partial charge in [0.25, 0.3) is 5.56 Å². The van der Waals surface area contributed by atoms with E-state index in [0.29, 0.717) is 17.8 Å². The summed E-state index contributed by atoms with van der Waals surface area (Å²) in [4.78, 5) is 18.0. The number of nitrogen functional groups attached to an aromatic ring is 1. The maximum atomic E-state index is 11.5. The summed E-state index contributed by atoms with van der Waals surface area (Å²) >= 11 is 0. The molecule has 0 aliphatic rings. The van der Waals surface area contributed by atoms with Crippen molar-refractivity contribution in [1.29, 1.82) is 0 Å². The average Bonchev–Trinajstić information content (AvgIpc) is 2.61. The van der Waals surface area contributed by atoms with Gasteiger partial charge in [0.2, 0.25) is 5.78 Å². The molecule has 0 bridgehead atoms. The second-order valence-corrected chi connectivity index (χ2v) is 3.01. The Bertz CT molecular complexity index is 556. The Hall–Kier alpha value is -2.05. The fourth-order valence-electron chi connectivity index (χ4n) is 1.39. The molecular formula is C8H11N5O2. The van der Waals surface area contributed by atoms with Gasteiger partial charge in [-0.15, -0.1) is 5.10 Å². The Balaban J connectivity index is 2.82. The minimum atomic E-state index is -0.238. The Labute approximate surface area is 84.9 Å². The van der Waals surface area contributed by atoms with Gasteiger partial charge in [-0.2, -0.15) is 9.50 Å². The molecular weight excluding hydrogens is 198 g/mol. The van der Waals surface area contributed by atoms with Crippen LogP contribution in [0.2, 0.25) is 0 Å². The molecule has 0 aromatic carbocycles. The van der Waals surface area contributed by atoms with E-state index < -0.39 is 0 Å². The highest BCUT2D eigenvalue weighted by Crippen LogP contribution is 2.11. The minimum Gasteiger partial charge on any atom is -0.466 e. The number of rotatable bonds is 2. The van der Waals surface area contributed by atoms with Gasteiger partial charge in [0, 0.05) is 0 Å². The molecule has 3 N–H and O–H groups in total. The van der Waals surface area contributed by atoms with E-state index in [0.717, 1.165) is 0 Å². The third-order valence-corrected chi connectivity index (χ3v) is 2.16. The lowest BCUT2D eigenvalue weighted by atomic mass is 10.2. The number of nitrogens with two attached hydrogens (primary N) is 1. The number of aromatic amines is 1. The molecule has 2 aromatic heterocycles. The summed E-state index contributed by atoms with van der Waals surface area (Å²) in [5, 5.41) is 3.97. The molecule has 0 spiro atoms. The predicted octanol–water partition coefficient (Wildman–Crippen LogP) is -0.429. The van der Waals surface area contributed by atoms with E-state index in [4.69, 9.17) is 10.5 Å². The highest BCUT2D eigenvalue weighted by atomic mass is 16.5. The number of nitrogens with zero attached hydrogens (tertiary/aromatic N) is 3. The van der Waals surface area contributed by atoms with Crippen molar-refractivity contribution in [3.8, 4) is 6.01 Å². The van der Waals surface area contributed by atoms with Gasteiger partial charge in [-0.3, -0.25) is 9.78 Å². The molecule has 2 rings (SSSR count). The fourth-order valence-corrected chi connectivity index (χ4v) is 1.39. The Morgan fingerprint density at radius 3 is 2.93 bits per heavy atom. The molecule has 0 saturated heterocycles. The van der Waals surface area contributed by atoms with E-state index in [1.165, 1.54) is 11.6 Å². The van der Waals surface area contributed by atoms with E-state index in [9.17, 15) is 4.79 Å². The number of H-pyrrole nitrogens is 1. The van der Waals surface area contributed by atoms with Gasteiger partial charge in [0.05, 0.1) is 12.7 Å². The van der Waals surface area contributed by atoms with Gasteiger partial charge in [-0.1, -0.05) is 6.92 Å². The number of hydrogen-bond acceptors (Lipinski definition) is 5. The molecule has 0 amide bonds. The Kier molecular flexibility index (Phi) is 2.07. The van der Waals surface area contributed by atoms with Crippen LogP contribution in [0.15, 0.2) is 4.79 Å². The summed E-state index contributed by atoms with van der Waals surface area (Å²) in [5.41, 5.74) is 6.04. The van der Waals surface area contributed by atoms with Crippen LogP contribution in [0.3, 0.4) is 0 Å². The van der Waals surface area contributed by atoms with E-state index in [1.54, 1.807) is 0 Å². The number of aromatic nitrogens is 4. The molecule has 0 unspecified atom stereocenters. The molecule has 80 valence electrons. The van der Waals surface area contributed by atoms with Gasteiger partial charge in [0.1, 0.15) is 5.82 Å². The molecule has 0 aliphatic carbocycles. The normalized spacial score (nSPS) is 10.8. The summed E-state index contributed by atoms with van der Waals surface area (Å²) in [7, 11) is 1.45. The van der Waals surface area contributed by atoms with E-state index in [2.05, 4.69) is 15.1 Å². The number of anilines is 1. The van der Waals surface area contributed by atoms with Crippen molar-refractivity contribution >= 4 is 11.6 Å². The third-order valence-electron chi connectivity index (χ3n) is 2.16. The van der Waals surface area contributed by atoms with Crippen molar-refractivity contribution in [2.24, 2.45) is 0 Å². The van der Waals surface area contributed by atoms with Crippen LogP contribution in [0.4, 0.5) is 5.82 Å². The summed E-state index contributed by atoms with van der Waals surface area (Å²) in [5.74, 6) is 0.582. The van der Waals surface area contributed by atoms with Gasteiger partial charge in [-0.25, -0.2) is 0 Å². The smallest absolute Gasteiger partial charge is 0.337 e. The standard InChI is InChI=1S/C8H11N5O2/c1-3-4-5(9)13-7(10-6(4)14)11-8(12-13)15-2/h3,9H2,1-2H3,(H,10,11,12,14). The van der Waals surface area contributed by atoms with Crippen LogP contribution in [-0.4, -0.2) is 26.7 Å². The maximum Gasteiger partial charge on any atom is 0.337 e. The first-order valence-corrected chi connectivity index (χ1v) is 4.48. The quantitative estimate of drug-likeness (QED) is 0.699. The first-order valence-electron chi connectivity index (χ1n) is 4.48. The monoisotopic (exact) mass is 209 g/mol. The molecule has 0 aliphatic heterocycles. The van der Waals surface area contributed by atoms with Gasteiger partial charge in [-0.05, 0) is 6.42 Å². The van der Waals surface area contributed by atoms with Gasteiger partial charge in [0.15, 0.2) is 0 Å². The van der Waals surface area contributed by atoms with Crippen LogP contribution in [0.5, 0.6) is 6.01 Å². The number of methoxy groups -OCH3 is 1. The Morgan fingerprint density at radius 2 is 2.33 bits per heavy atom. The van der Waals surface area contributed by atoms with Crippen LogP contribution >= 0.6 is 0 Å². The highest BCUT2D eigenvalue weighted by molar-refractivity contribution is 5.46. The molecule has 0 atom stereocenters. The zero-order chi connectivity index (χ0) is 11.0. The van der Waals surface area contributed by atoms with Crippen molar-refractivity contribution in [2.45, 2.75) is 13.3 Å². The van der Waals surface area contributed by atoms with E-state index in [-0.39, 0.29) is 17.3 Å². The second kappa shape index (κ2) is 3.26. The topological polar surface area (TPSA) is 98.3 Å². The molecule has 15 heavy (non-hydrogen) atoms. The third kappa shape index (κ3) is 1.32. The molecule has 2 aromatic rings. The number of nitrogens with one attached hydrogen (secondary N) is 1. The highest BCUT2D eigenvalue weighted by Gasteiger charge is 2.12. The molecule has 7 nitrogen and oxygen atoms in total. The first-order chi connectivity index (χ1) is 7.17. The molecule has 0 saturated carbocycles. The summed E-state index contributed by atoms with van der Waals surface area (Å²) in [6, 6.07) is 0.172. The lowest BCUT2D eigenvalue weighted by Gasteiger charge is -2.01. The fraction of sp³-hybridized carbons (Fsp3) is 0.375. The van der Waals surface area contributed by atoms with E-state index >= 15 is 0 Å². The zero-order valence-electron chi connectivity index (χ0n) is 8.44. The number of hydrogen-bond donors (Lipinski definition) is 2. The van der Waals surface area contributed by atoms with E-state index in [1.807, 2.05) is 6.92 Å². The molecule has 0 radical (unpaired) electrons. The second-order valence-electron chi connectivity index (χ2n) is 3.01. The minimum absolute atomic E-state index is 0.172. The van der Waals surface area contributed by atoms with Crippen molar-refractivity contribution in [3.05, 3.63) is 15.9 Å². The molecule has 2 heterocycles. The lowest BCUT2D eigenvalue weighted by Crippen LogP contribution is -2.18. The number of ether oxygens (including phenoxy) is 1. The average molecular weight is 209 g/mol. The van der Waals surface area contributed by atoms with Crippen molar-refractivity contribution in [1.82, 2.24) is 19.6 Å².